The van der Waals surface area contributed by atoms with E-state index in [1.54, 1.807) is 44.3 Å². The Morgan fingerprint density at radius 3 is 2.40 bits per heavy atom. The van der Waals surface area contributed by atoms with E-state index >= 15 is 0 Å². The first-order valence-electron chi connectivity index (χ1n) is 6.12. The number of nitrogens with zero attached hydrogens (tertiary/aromatic N) is 1. The van der Waals surface area contributed by atoms with Gasteiger partial charge in [-0.15, -0.1) is 0 Å². The molecule has 1 aromatic carbocycles. The summed E-state index contributed by atoms with van der Waals surface area (Å²) in [5.41, 5.74) is 8.58. The summed E-state index contributed by atoms with van der Waals surface area (Å²) in [5, 5.41) is 0. The van der Waals surface area contributed by atoms with Crippen LogP contribution in [-0.4, -0.2) is 13.4 Å². The number of hydrogen-bond donors (Lipinski definition) is 2. The highest BCUT2D eigenvalue weighted by Gasteiger charge is 2.19. The highest BCUT2D eigenvalue weighted by molar-refractivity contribution is 7.92. The molecule has 0 unspecified atom stereocenters. The van der Waals surface area contributed by atoms with E-state index in [-0.39, 0.29) is 10.7 Å². The quantitative estimate of drug-likeness (QED) is 0.850. The lowest BCUT2D eigenvalue weighted by molar-refractivity contribution is 0.600. The predicted octanol–water partition coefficient (Wildman–Crippen LogP) is 2.39. The molecule has 0 fully saturated rings. The van der Waals surface area contributed by atoms with E-state index in [2.05, 4.69) is 9.71 Å². The molecule has 3 N–H and O–H groups in total. The minimum Gasteiger partial charge on any atom is -0.398 e. The maximum absolute atomic E-state index is 12.4. The first-order chi connectivity index (χ1) is 9.29. The lowest BCUT2D eigenvalue weighted by Gasteiger charge is -2.12. The minimum atomic E-state index is -3.69. The number of sulfonamides is 1. The van der Waals surface area contributed by atoms with Gasteiger partial charge < -0.3 is 5.73 Å². The number of aryl methyl sites for hydroxylation is 2. The first-order valence-corrected chi connectivity index (χ1v) is 7.60. The van der Waals surface area contributed by atoms with E-state index in [1.807, 2.05) is 6.92 Å². The summed E-state index contributed by atoms with van der Waals surface area (Å²) in [5.74, 6) is 0.287. The zero-order valence-electron chi connectivity index (χ0n) is 11.6. The van der Waals surface area contributed by atoms with Crippen LogP contribution in [0.5, 0.6) is 0 Å². The predicted molar refractivity (Wildman–Crippen MR) is 80.1 cm³/mol. The average molecular weight is 291 g/mol. The van der Waals surface area contributed by atoms with Gasteiger partial charge in [0, 0.05) is 11.9 Å². The number of pyridine rings is 1. The molecule has 1 heterocycles. The van der Waals surface area contributed by atoms with Crippen molar-refractivity contribution in [1.82, 2.24) is 4.98 Å². The monoisotopic (exact) mass is 291 g/mol. The van der Waals surface area contributed by atoms with Gasteiger partial charge in [-0.3, -0.25) is 4.72 Å². The maximum Gasteiger partial charge on any atom is 0.263 e. The maximum atomic E-state index is 12.4. The van der Waals surface area contributed by atoms with E-state index in [9.17, 15) is 8.42 Å². The van der Waals surface area contributed by atoms with Crippen LogP contribution in [0.1, 0.15) is 16.7 Å². The summed E-state index contributed by atoms with van der Waals surface area (Å²) in [6, 6.07) is 6.77. The van der Waals surface area contributed by atoms with Crippen molar-refractivity contribution >= 4 is 21.5 Å². The minimum absolute atomic E-state index is 0.178. The van der Waals surface area contributed by atoms with Gasteiger partial charge >= 0.3 is 0 Å². The summed E-state index contributed by atoms with van der Waals surface area (Å²) in [6.07, 6.45) is 1.61. The molecule has 6 heteroatoms. The van der Waals surface area contributed by atoms with Crippen molar-refractivity contribution in [1.29, 1.82) is 0 Å². The topological polar surface area (TPSA) is 85.1 Å². The second-order valence-corrected chi connectivity index (χ2v) is 6.45. The van der Waals surface area contributed by atoms with Crippen LogP contribution in [0.3, 0.4) is 0 Å². The number of aromatic nitrogens is 1. The molecule has 0 bridgehead atoms. The van der Waals surface area contributed by atoms with E-state index in [0.717, 1.165) is 11.1 Å². The summed E-state index contributed by atoms with van der Waals surface area (Å²) in [4.78, 5) is 4.22. The molecule has 0 saturated carbocycles. The fraction of sp³-hybridized carbons (Fsp3) is 0.214. The van der Waals surface area contributed by atoms with Gasteiger partial charge in [-0.1, -0.05) is 6.07 Å². The van der Waals surface area contributed by atoms with E-state index in [4.69, 9.17) is 5.73 Å². The lowest BCUT2D eigenvalue weighted by Crippen LogP contribution is -2.16. The molecule has 1 aromatic heterocycles. The highest BCUT2D eigenvalue weighted by atomic mass is 32.2. The molecule has 2 rings (SSSR count). The van der Waals surface area contributed by atoms with Crippen LogP contribution in [0.2, 0.25) is 0 Å². The van der Waals surface area contributed by atoms with Gasteiger partial charge in [0.05, 0.1) is 4.90 Å². The van der Waals surface area contributed by atoms with E-state index in [0.29, 0.717) is 11.3 Å². The Balaban J connectivity index is 2.43. The van der Waals surface area contributed by atoms with Gasteiger partial charge in [0.1, 0.15) is 5.82 Å². The number of nitrogens with two attached hydrogens (primary N) is 1. The summed E-state index contributed by atoms with van der Waals surface area (Å²) in [6.45, 7) is 5.38. The number of nitrogens with one attached hydrogen (secondary N) is 1. The second-order valence-electron chi connectivity index (χ2n) is 4.80. The molecule has 0 spiro atoms. The van der Waals surface area contributed by atoms with Crippen molar-refractivity contribution in [3.8, 4) is 0 Å². The van der Waals surface area contributed by atoms with Gasteiger partial charge in [-0.05, 0) is 55.7 Å². The third-order valence-corrected chi connectivity index (χ3v) is 4.47. The lowest BCUT2D eigenvalue weighted by atomic mass is 10.1. The van der Waals surface area contributed by atoms with Crippen molar-refractivity contribution in [3.05, 3.63) is 47.2 Å². The number of hydrogen-bond acceptors (Lipinski definition) is 4. The molecular weight excluding hydrogens is 274 g/mol. The second kappa shape index (κ2) is 5.13. The molecule has 106 valence electrons. The van der Waals surface area contributed by atoms with Crippen LogP contribution >= 0.6 is 0 Å². The van der Waals surface area contributed by atoms with Crippen LogP contribution in [0.4, 0.5) is 11.5 Å². The fourth-order valence-electron chi connectivity index (χ4n) is 1.85. The molecule has 0 aliphatic carbocycles. The largest absolute Gasteiger partial charge is 0.398 e. The van der Waals surface area contributed by atoms with Crippen molar-refractivity contribution in [2.45, 2.75) is 25.7 Å². The molecule has 0 saturated heterocycles. The third-order valence-electron chi connectivity index (χ3n) is 2.98. The Labute approximate surface area is 118 Å². The number of nitrogen functional groups attached to an aromatic ring is 1. The highest BCUT2D eigenvalue weighted by Crippen LogP contribution is 2.24. The van der Waals surface area contributed by atoms with Crippen molar-refractivity contribution in [3.63, 3.8) is 0 Å². The Bertz CT molecular complexity index is 738. The summed E-state index contributed by atoms with van der Waals surface area (Å²) < 4.78 is 27.3. The van der Waals surface area contributed by atoms with Gasteiger partial charge in [-0.25, -0.2) is 13.4 Å². The molecule has 0 radical (unpaired) electrons. The third kappa shape index (κ3) is 2.91. The summed E-state index contributed by atoms with van der Waals surface area (Å²) >= 11 is 0. The van der Waals surface area contributed by atoms with Crippen molar-refractivity contribution in [2.24, 2.45) is 0 Å². The van der Waals surface area contributed by atoms with Gasteiger partial charge in [0.2, 0.25) is 0 Å². The number of benzene rings is 1. The molecule has 0 atom stereocenters. The van der Waals surface area contributed by atoms with Crippen LogP contribution in [-0.2, 0) is 10.0 Å². The van der Waals surface area contributed by atoms with Gasteiger partial charge in [0.15, 0.2) is 0 Å². The molecule has 0 aliphatic heterocycles. The smallest absolute Gasteiger partial charge is 0.263 e. The van der Waals surface area contributed by atoms with Gasteiger partial charge in [0.25, 0.3) is 10.0 Å². The number of anilines is 2. The molecule has 0 amide bonds. The Kier molecular flexibility index (Phi) is 3.67. The Hall–Kier alpha value is -2.08. The Morgan fingerprint density at radius 1 is 1.10 bits per heavy atom. The molecular formula is C14H17N3O2S. The SMILES string of the molecule is Cc1ccc(NS(=O)(=O)c2cc(C)cc(N)c2C)nc1. The van der Waals surface area contributed by atoms with E-state index < -0.39 is 10.0 Å². The standard InChI is InChI=1S/C14H17N3O2S/c1-9-4-5-14(16-8-9)17-20(18,19)13-7-10(2)6-12(15)11(13)3/h4-8H,15H2,1-3H3,(H,16,17). The van der Waals surface area contributed by atoms with Crippen molar-refractivity contribution < 1.29 is 8.42 Å². The first kappa shape index (κ1) is 14.3. The van der Waals surface area contributed by atoms with E-state index in [1.165, 1.54) is 0 Å². The van der Waals surface area contributed by atoms with Crippen LogP contribution in [0, 0.1) is 20.8 Å². The number of rotatable bonds is 3. The molecule has 5 nitrogen and oxygen atoms in total. The zero-order valence-corrected chi connectivity index (χ0v) is 12.5. The fourth-order valence-corrected chi connectivity index (χ4v) is 3.22. The van der Waals surface area contributed by atoms with Gasteiger partial charge in [-0.2, -0.15) is 0 Å². The van der Waals surface area contributed by atoms with Crippen LogP contribution < -0.4 is 10.5 Å². The normalized spacial score (nSPS) is 11.3. The molecule has 20 heavy (non-hydrogen) atoms. The van der Waals surface area contributed by atoms with Crippen molar-refractivity contribution in [2.75, 3.05) is 10.5 Å². The van der Waals surface area contributed by atoms with Crippen LogP contribution in [0.15, 0.2) is 35.4 Å². The zero-order chi connectivity index (χ0) is 14.9. The average Bonchev–Trinajstić information content (AvgIpc) is 2.36. The summed E-state index contributed by atoms with van der Waals surface area (Å²) in [7, 11) is -3.69. The van der Waals surface area contributed by atoms with Crippen LogP contribution in [0.25, 0.3) is 0 Å². The molecule has 2 aromatic rings. The molecule has 0 aliphatic rings. The Morgan fingerprint density at radius 2 is 1.80 bits per heavy atom.